The Morgan fingerprint density at radius 1 is 0.875 bits per heavy atom. The molecule has 2 nitrogen and oxygen atoms in total. The van der Waals surface area contributed by atoms with E-state index in [1.807, 2.05) is 6.92 Å². The predicted molar refractivity (Wildman–Crippen MR) is 132 cm³/mol. The fourth-order valence-corrected chi connectivity index (χ4v) is 11.2. The first kappa shape index (κ1) is 23.4. The maximum absolute atomic E-state index is 10.8. The smallest absolute Gasteiger partial charge is 0.0744 e. The molecule has 10 atom stereocenters. The average Bonchev–Trinajstić information content (AvgIpc) is 3.31. The molecule has 2 heteroatoms. The Kier molecular flexibility index (Phi) is 5.19. The van der Waals surface area contributed by atoms with E-state index in [1.54, 1.807) is 0 Å². The zero-order valence-electron chi connectivity index (χ0n) is 21.8. The van der Waals surface area contributed by atoms with E-state index in [2.05, 4.69) is 41.2 Å². The third-order valence-electron chi connectivity index (χ3n) is 13.3. The van der Waals surface area contributed by atoms with Crippen molar-refractivity contribution >= 4 is 0 Å². The summed E-state index contributed by atoms with van der Waals surface area (Å²) >= 11 is 0. The molecule has 5 fully saturated rings. The third-order valence-corrected chi connectivity index (χ3v) is 13.3. The molecule has 0 aromatic rings. The largest absolute Gasteiger partial charge is 0.393 e. The Labute approximate surface area is 197 Å². The van der Waals surface area contributed by atoms with Crippen molar-refractivity contribution in [2.45, 2.75) is 124 Å². The van der Waals surface area contributed by atoms with Gasteiger partial charge in [0.1, 0.15) is 0 Å². The summed E-state index contributed by atoms with van der Waals surface area (Å²) < 4.78 is 0. The quantitative estimate of drug-likeness (QED) is 0.444. The molecule has 5 saturated carbocycles. The molecule has 0 saturated heterocycles. The summed E-state index contributed by atoms with van der Waals surface area (Å²) in [6.07, 6.45) is 13.7. The van der Waals surface area contributed by atoms with E-state index in [-0.39, 0.29) is 17.6 Å². The second-order valence-corrected chi connectivity index (χ2v) is 14.4. The highest BCUT2D eigenvalue weighted by atomic mass is 16.3. The van der Waals surface area contributed by atoms with Crippen LogP contribution in [0.5, 0.6) is 0 Å². The summed E-state index contributed by atoms with van der Waals surface area (Å²) in [6, 6.07) is 0. The van der Waals surface area contributed by atoms with Gasteiger partial charge in [0.25, 0.3) is 0 Å². The lowest BCUT2D eigenvalue weighted by atomic mass is 9.41. The minimum Gasteiger partial charge on any atom is -0.393 e. The van der Waals surface area contributed by atoms with Gasteiger partial charge in [-0.15, -0.1) is 0 Å². The zero-order chi connectivity index (χ0) is 23.3. The van der Waals surface area contributed by atoms with Crippen molar-refractivity contribution in [2.75, 3.05) is 0 Å². The maximum Gasteiger partial charge on any atom is 0.0744 e. The van der Waals surface area contributed by atoms with Crippen LogP contribution >= 0.6 is 0 Å². The molecule has 2 N–H and O–H groups in total. The van der Waals surface area contributed by atoms with E-state index in [4.69, 9.17) is 0 Å². The van der Waals surface area contributed by atoms with Crippen LogP contribution in [0.25, 0.3) is 0 Å². The first-order valence-electron chi connectivity index (χ1n) is 13.9. The van der Waals surface area contributed by atoms with Crippen LogP contribution in [0.4, 0.5) is 0 Å². The zero-order valence-corrected chi connectivity index (χ0v) is 21.8. The second kappa shape index (κ2) is 7.09. The molecule has 4 unspecified atom stereocenters. The molecule has 0 aromatic heterocycles. The van der Waals surface area contributed by atoms with Crippen LogP contribution in [-0.4, -0.2) is 22.4 Å². The first-order valence-corrected chi connectivity index (χ1v) is 13.9. The van der Waals surface area contributed by atoms with Crippen LogP contribution in [0.3, 0.4) is 0 Å². The molecule has 0 heterocycles. The minimum atomic E-state index is -0.334. The van der Waals surface area contributed by atoms with Crippen LogP contribution in [0.15, 0.2) is 12.2 Å². The molecular formula is C30H50O2. The molecule has 5 aliphatic carbocycles. The maximum atomic E-state index is 10.8. The molecule has 5 rings (SSSR count). The second-order valence-electron chi connectivity index (χ2n) is 14.4. The molecule has 0 aromatic carbocycles. The van der Waals surface area contributed by atoms with Crippen molar-refractivity contribution in [1.29, 1.82) is 0 Å². The van der Waals surface area contributed by atoms with Crippen LogP contribution in [-0.2, 0) is 0 Å². The van der Waals surface area contributed by atoms with Gasteiger partial charge >= 0.3 is 0 Å². The van der Waals surface area contributed by atoms with Gasteiger partial charge < -0.3 is 10.2 Å². The summed E-state index contributed by atoms with van der Waals surface area (Å²) in [7, 11) is 0. The Bertz CT molecular complexity index is 786. The first-order chi connectivity index (χ1) is 14.9. The molecule has 182 valence electrons. The van der Waals surface area contributed by atoms with Gasteiger partial charge in [0.15, 0.2) is 0 Å². The van der Waals surface area contributed by atoms with E-state index in [0.717, 1.165) is 42.6 Å². The number of fused-ring (bicyclic) bond motifs is 2. The van der Waals surface area contributed by atoms with Crippen molar-refractivity contribution in [2.24, 2.45) is 50.7 Å². The highest BCUT2D eigenvalue weighted by molar-refractivity contribution is 5.30. The minimum absolute atomic E-state index is 0.0885. The molecular weight excluding hydrogens is 392 g/mol. The standard InChI is InChI=1S/C30H50O2/c1-19(2)22(31)9-8-20(3)21-12-14-28(7)24-11-10-23-26(4,5)25(32)13-15-29(23)18-30(24,29)17-16-27(21,28)6/h20-25,31-32H,1,8-18H2,2-7H3/t20?,21-,22?,23?,24+,25+,27-,28?,29-,30+/m1/s1. The van der Waals surface area contributed by atoms with Gasteiger partial charge in [0.05, 0.1) is 12.2 Å². The van der Waals surface area contributed by atoms with Gasteiger partial charge in [-0.2, -0.15) is 0 Å². The number of aliphatic hydroxyl groups excluding tert-OH is 2. The lowest BCUT2D eigenvalue weighted by molar-refractivity contribution is -0.161. The van der Waals surface area contributed by atoms with E-state index >= 15 is 0 Å². The SMILES string of the molecule is C=C(C)C(O)CCC(C)[C@H]1CCC2(C)[C@@H]3CCC4C(C)(C)[C@@H](O)CC[C@@]45C[C@@]35CC[C@]12C. The average molecular weight is 443 g/mol. The molecule has 2 spiro atoms. The number of hydrogen-bond donors (Lipinski definition) is 2. The summed E-state index contributed by atoms with van der Waals surface area (Å²) in [5, 5.41) is 21.2. The lowest BCUT2D eigenvalue weighted by Gasteiger charge is -2.63. The fourth-order valence-electron chi connectivity index (χ4n) is 11.2. The summed E-state index contributed by atoms with van der Waals surface area (Å²) in [6.45, 7) is 18.5. The van der Waals surface area contributed by atoms with E-state index in [9.17, 15) is 10.2 Å². The Hall–Kier alpha value is -0.340. The summed E-state index contributed by atoms with van der Waals surface area (Å²) in [5.74, 6) is 3.08. The number of aliphatic hydroxyl groups is 2. The lowest BCUT2D eigenvalue weighted by Crippen LogP contribution is -2.57. The van der Waals surface area contributed by atoms with Gasteiger partial charge in [-0.05, 0) is 128 Å². The molecule has 0 amide bonds. The predicted octanol–water partition coefficient (Wildman–Crippen LogP) is 7.14. The van der Waals surface area contributed by atoms with Crippen molar-refractivity contribution in [3.8, 4) is 0 Å². The summed E-state index contributed by atoms with van der Waals surface area (Å²) in [4.78, 5) is 0. The van der Waals surface area contributed by atoms with Crippen molar-refractivity contribution in [3.63, 3.8) is 0 Å². The monoisotopic (exact) mass is 442 g/mol. The molecule has 32 heavy (non-hydrogen) atoms. The van der Waals surface area contributed by atoms with Gasteiger partial charge in [-0.1, -0.05) is 46.8 Å². The highest BCUT2D eigenvalue weighted by Gasteiger charge is 2.82. The summed E-state index contributed by atoms with van der Waals surface area (Å²) in [5.41, 5.74) is 3.03. The van der Waals surface area contributed by atoms with E-state index < -0.39 is 0 Å². The molecule has 5 aliphatic rings. The van der Waals surface area contributed by atoms with Crippen LogP contribution in [0.1, 0.15) is 112 Å². The third kappa shape index (κ3) is 2.72. The Balaban J connectivity index is 1.39. The Morgan fingerprint density at radius 2 is 1.53 bits per heavy atom. The Morgan fingerprint density at radius 3 is 2.22 bits per heavy atom. The van der Waals surface area contributed by atoms with Crippen LogP contribution < -0.4 is 0 Å². The topological polar surface area (TPSA) is 40.5 Å². The van der Waals surface area contributed by atoms with E-state index in [1.165, 1.54) is 51.4 Å². The van der Waals surface area contributed by atoms with Crippen molar-refractivity contribution in [1.82, 2.24) is 0 Å². The molecule has 0 bridgehead atoms. The van der Waals surface area contributed by atoms with E-state index in [0.29, 0.717) is 27.6 Å². The molecule has 0 radical (unpaired) electrons. The van der Waals surface area contributed by atoms with Gasteiger partial charge in [-0.3, -0.25) is 0 Å². The number of hydrogen-bond acceptors (Lipinski definition) is 2. The van der Waals surface area contributed by atoms with Gasteiger partial charge in [0.2, 0.25) is 0 Å². The van der Waals surface area contributed by atoms with Crippen LogP contribution in [0, 0.1) is 50.7 Å². The van der Waals surface area contributed by atoms with Gasteiger partial charge in [0, 0.05) is 0 Å². The number of rotatable bonds is 5. The fraction of sp³-hybridized carbons (Fsp3) is 0.933. The highest BCUT2D eigenvalue weighted by Crippen LogP contribution is 2.89. The molecule has 0 aliphatic heterocycles. The van der Waals surface area contributed by atoms with Crippen molar-refractivity contribution < 1.29 is 10.2 Å². The normalized spacial score (nSPS) is 52.8. The van der Waals surface area contributed by atoms with Gasteiger partial charge in [-0.25, -0.2) is 0 Å². The van der Waals surface area contributed by atoms with Crippen molar-refractivity contribution in [3.05, 3.63) is 12.2 Å². The van der Waals surface area contributed by atoms with Crippen LogP contribution in [0.2, 0.25) is 0 Å².